The topological polar surface area (TPSA) is 59.8 Å². The summed E-state index contributed by atoms with van der Waals surface area (Å²) in [4.78, 5) is 16.1. The van der Waals surface area contributed by atoms with Gasteiger partial charge in [-0.25, -0.2) is 9.67 Å². The number of carbonyl (C=O) groups excluding carboxylic acids is 1. The van der Waals surface area contributed by atoms with Crippen molar-refractivity contribution in [3.8, 4) is 0 Å². The molecule has 1 aromatic rings. The Hall–Kier alpha value is -1.23. The van der Waals surface area contributed by atoms with E-state index in [0.717, 1.165) is 5.82 Å². The molecule has 1 aromatic heterocycles. The molecule has 0 aliphatic carbocycles. The van der Waals surface area contributed by atoms with Crippen LogP contribution in [0.15, 0.2) is 6.33 Å². The second kappa shape index (κ2) is 4.74. The fraction of sp³-hybridized carbons (Fsp3) is 0.727. The van der Waals surface area contributed by atoms with E-state index in [-0.39, 0.29) is 11.8 Å². The highest BCUT2D eigenvalue weighted by molar-refractivity contribution is 5.88. The Morgan fingerprint density at radius 1 is 1.56 bits per heavy atom. The van der Waals surface area contributed by atoms with Gasteiger partial charge in [-0.1, -0.05) is 0 Å². The van der Waals surface area contributed by atoms with Gasteiger partial charge in [0.15, 0.2) is 5.78 Å². The Morgan fingerprint density at radius 3 is 2.69 bits per heavy atom. The maximum absolute atomic E-state index is 12.0. The van der Waals surface area contributed by atoms with Crippen LogP contribution >= 0.6 is 0 Å². The van der Waals surface area contributed by atoms with Gasteiger partial charge >= 0.3 is 0 Å². The van der Waals surface area contributed by atoms with Crippen molar-refractivity contribution in [1.29, 1.82) is 0 Å². The van der Waals surface area contributed by atoms with Gasteiger partial charge in [-0.3, -0.25) is 4.79 Å². The van der Waals surface area contributed by atoms with Crippen molar-refractivity contribution in [2.24, 2.45) is 0 Å². The van der Waals surface area contributed by atoms with E-state index < -0.39 is 5.54 Å². The van der Waals surface area contributed by atoms with Gasteiger partial charge in [-0.15, -0.1) is 0 Å². The Bertz CT molecular complexity index is 368. The number of rotatable bonds is 5. The Labute approximate surface area is 96.3 Å². The molecule has 1 rings (SSSR count). The summed E-state index contributed by atoms with van der Waals surface area (Å²) in [6.45, 7) is 7.77. The van der Waals surface area contributed by atoms with Gasteiger partial charge < -0.3 is 5.32 Å². The van der Waals surface area contributed by atoms with Crippen molar-refractivity contribution in [1.82, 2.24) is 20.1 Å². The fourth-order valence-electron chi connectivity index (χ4n) is 1.34. The van der Waals surface area contributed by atoms with Crippen molar-refractivity contribution in [3.05, 3.63) is 12.2 Å². The van der Waals surface area contributed by atoms with Crippen LogP contribution in [0.1, 0.15) is 39.6 Å². The molecule has 0 aliphatic heterocycles. The molecule has 0 radical (unpaired) electrons. The Kier molecular flexibility index (Phi) is 3.80. The summed E-state index contributed by atoms with van der Waals surface area (Å²) >= 11 is 0. The van der Waals surface area contributed by atoms with Crippen LogP contribution in [0.5, 0.6) is 0 Å². The third-order valence-corrected chi connectivity index (χ3v) is 2.78. The molecule has 0 fully saturated rings. The maximum atomic E-state index is 12.0. The summed E-state index contributed by atoms with van der Waals surface area (Å²) in [6, 6.07) is 0.225. The Morgan fingerprint density at radius 2 is 2.19 bits per heavy atom. The van der Waals surface area contributed by atoms with Crippen LogP contribution in [0, 0.1) is 0 Å². The summed E-state index contributed by atoms with van der Waals surface area (Å²) < 4.78 is 1.78. The van der Waals surface area contributed by atoms with E-state index in [2.05, 4.69) is 15.4 Å². The molecule has 16 heavy (non-hydrogen) atoms. The van der Waals surface area contributed by atoms with Crippen LogP contribution in [0.2, 0.25) is 0 Å². The Balaban J connectivity index is 2.81. The zero-order chi connectivity index (χ0) is 12.3. The molecule has 1 heterocycles. The summed E-state index contributed by atoms with van der Waals surface area (Å²) in [6.07, 6.45) is 1.81. The number of likely N-dealkylation sites (N-methyl/N-ethyl adjacent to an activating group) is 1. The van der Waals surface area contributed by atoms with Crippen molar-refractivity contribution in [3.63, 3.8) is 0 Å². The maximum Gasteiger partial charge on any atom is 0.159 e. The predicted molar refractivity (Wildman–Crippen MR) is 62.3 cm³/mol. The average Bonchev–Trinajstić information content (AvgIpc) is 2.65. The molecule has 0 atom stereocenters. The highest BCUT2D eigenvalue weighted by Gasteiger charge is 2.26. The van der Waals surface area contributed by atoms with E-state index in [4.69, 9.17) is 0 Å². The first-order chi connectivity index (χ1) is 7.38. The minimum absolute atomic E-state index is 0.116. The van der Waals surface area contributed by atoms with E-state index in [1.807, 2.05) is 27.7 Å². The number of Topliss-reactive ketones (excluding diaryl/α,β-unsaturated/α-hetero) is 1. The number of carbonyl (C=O) groups is 1. The standard InChI is InChI=1S/C11H20N4O/c1-8(2)15-10(13-7-14-15)6-9(16)11(3,4)12-5/h7-8,12H,6H2,1-5H3. The van der Waals surface area contributed by atoms with Crippen molar-refractivity contribution in [2.45, 2.75) is 45.7 Å². The molecule has 5 heteroatoms. The predicted octanol–water partition coefficient (Wildman–Crippen LogP) is 0.969. The number of nitrogens with one attached hydrogen (secondary N) is 1. The van der Waals surface area contributed by atoms with Gasteiger partial charge in [0.2, 0.25) is 0 Å². The number of hydrogen-bond donors (Lipinski definition) is 1. The SMILES string of the molecule is CNC(C)(C)C(=O)Cc1ncnn1C(C)C. The van der Waals surface area contributed by atoms with E-state index in [0.29, 0.717) is 6.42 Å². The van der Waals surface area contributed by atoms with Crippen molar-refractivity contribution >= 4 is 5.78 Å². The first kappa shape index (κ1) is 12.8. The monoisotopic (exact) mass is 224 g/mol. The van der Waals surface area contributed by atoms with E-state index >= 15 is 0 Å². The van der Waals surface area contributed by atoms with Crippen LogP contribution in [-0.4, -0.2) is 33.1 Å². The quantitative estimate of drug-likeness (QED) is 0.809. The molecule has 0 saturated heterocycles. The molecular formula is C11H20N4O. The van der Waals surface area contributed by atoms with Crippen LogP contribution in [0.25, 0.3) is 0 Å². The summed E-state index contributed by atoms with van der Waals surface area (Å²) in [5, 5.41) is 7.10. The average molecular weight is 224 g/mol. The van der Waals surface area contributed by atoms with Gasteiger partial charge in [-0.05, 0) is 34.7 Å². The first-order valence-electron chi connectivity index (χ1n) is 5.49. The van der Waals surface area contributed by atoms with Gasteiger partial charge in [0.25, 0.3) is 0 Å². The largest absolute Gasteiger partial charge is 0.308 e. The second-order valence-electron chi connectivity index (χ2n) is 4.69. The lowest BCUT2D eigenvalue weighted by Gasteiger charge is -2.22. The smallest absolute Gasteiger partial charge is 0.159 e. The van der Waals surface area contributed by atoms with Crippen LogP contribution in [-0.2, 0) is 11.2 Å². The summed E-state index contributed by atoms with van der Waals surface area (Å²) in [7, 11) is 1.78. The summed E-state index contributed by atoms with van der Waals surface area (Å²) in [5.74, 6) is 0.841. The molecule has 0 aromatic carbocycles. The first-order valence-corrected chi connectivity index (χ1v) is 5.49. The molecule has 0 saturated carbocycles. The number of aromatic nitrogens is 3. The normalized spacial score (nSPS) is 12.1. The lowest BCUT2D eigenvalue weighted by molar-refractivity contribution is -0.123. The lowest BCUT2D eigenvalue weighted by Crippen LogP contribution is -2.45. The molecule has 1 N–H and O–H groups in total. The molecule has 5 nitrogen and oxygen atoms in total. The lowest BCUT2D eigenvalue weighted by atomic mass is 9.97. The molecule has 0 bridgehead atoms. The minimum Gasteiger partial charge on any atom is -0.308 e. The van der Waals surface area contributed by atoms with E-state index in [1.54, 1.807) is 11.7 Å². The zero-order valence-corrected chi connectivity index (χ0v) is 10.6. The van der Waals surface area contributed by atoms with E-state index in [1.165, 1.54) is 6.33 Å². The van der Waals surface area contributed by atoms with Crippen LogP contribution in [0.4, 0.5) is 0 Å². The van der Waals surface area contributed by atoms with Crippen molar-refractivity contribution in [2.75, 3.05) is 7.05 Å². The molecule has 90 valence electrons. The molecule has 0 unspecified atom stereocenters. The highest BCUT2D eigenvalue weighted by atomic mass is 16.1. The third kappa shape index (κ3) is 2.66. The summed E-state index contributed by atoms with van der Waals surface area (Å²) in [5.41, 5.74) is -0.520. The number of ketones is 1. The number of hydrogen-bond acceptors (Lipinski definition) is 4. The number of nitrogens with zero attached hydrogens (tertiary/aromatic N) is 3. The van der Waals surface area contributed by atoms with Crippen LogP contribution < -0.4 is 5.32 Å². The second-order valence-corrected chi connectivity index (χ2v) is 4.69. The third-order valence-electron chi connectivity index (χ3n) is 2.78. The zero-order valence-electron chi connectivity index (χ0n) is 10.6. The van der Waals surface area contributed by atoms with Crippen molar-refractivity contribution < 1.29 is 4.79 Å². The fourth-order valence-corrected chi connectivity index (χ4v) is 1.34. The van der Waals surface area contributed by atoms with Gasteiger partial charge in [0.05, 0.1) is 12.0 Å². The van der Waals surface area contributed by atoms with E-state index in [9.17, 15) is 4.79 Å². The minimum atomic E-state index is -0.520. The van der Waals surface area contributed by atoms with Gasteiger partial charge in [0.1, 0.15) is 12.2 Å². The molecule has 0 aliphatic rings. The van der Waals surface area contributed by atoms with Crippen LogP contribution in [0.3, 0.4) is 0 Å². The van der Waals surface area contributed by atoms with Gasteiger partial charge in [0, 0.05) is 6.04 Å². The molecular weight excluding hydrogens is 204 g/mol. The van der Waals surface area contributed by atoms with Gasteiger partial charge in [-0.2, -0.15) is 5.10 Å². The highest BCUT2D eigenvalue weighted by Crippen LogP contribution is 2.10. The molecule has 0 amide bonds. The molecule has 0 spiro atoms.